The maximum atomic E-state index is 13.6. The van der Waals surface area contributed by atoms with Crippen molar-refractivity contribution in [2.24, 2.45) is 0 Å². The number of piperazine rings is 1. The predicted octanol–water partition coefficient (Wildman–Crippen LogP) is 6.69. The standard InChI is InChI=1S/C42H47N9O4/c1-46(2)40(53)37-25-30-27-43-41(45-39(30)51(37)33-7-4-5-8-33)44-31-13-15-32(16-14-31)47-21-23-48(24-22-47)34-9-6-10-35(26-34)49-20-19-38(52)50(42(49)54)28-29-11-17-36(55-3)18-12-29/h6,9-18,25-27,33H,4-5,7-8,19-24,28H2,1-3H3,(H,43,44,45). The number of nitrogens with one attached hydrogen (secondary N) is 1. The number of carbonyl (C=O) groups is 3. The fourth-order valence-corrected chi connectivity index (χ4v) is 7.96. The van der Waals surface area contributed by atoms with Gasteiger partial charge in [-0.15, -0.1) is 0 Å². The Bertz CT molecular complexity index is 2190. The molecule has 13 heteroatoms. The number of methoxy groups -OCH3 is 1. The van der Waals surface area contributed by atoms with Gasteiger partial charge in [-0.3, -0.25) is 19.4 Å². The van der Waals surface area contributed by atoms with Gasteiger partial charge in [-0.25, -0.2) is 9.78 Å². The summed E-state index contributed by atoms with van der Waals surface area (Å²) in [5.41, 5.74) is 6.19. The molecule has 8 rings (SSSR count). The summed E-state index contributed by atoms with van der Waals surface area (Å²) in [4.78, 5) is 58.4. The lowest BCUT2D eigenvalue weighted by Crippen LogP contribution is -2.52. The van der Waals surface area contributed by atoms with E-state index < -0.39 is 0 Å². The molecule has 3 aromatic carbocycles. The van der Waals surface area contributed by atoms with E-state index in [0.717, 1.165) is 97.0 Å². The molecule has 3 fully saturated rings. The Morgan fingerprint density at radius 1 is 0.855 bits per heavy atom. The monoisotopic (exact) mass is 741 g/mol. The molecule has 1 saturated carbocycles. The van der Waals surface area contributed by atoms with Crippen molar-refractivity contribution < 1.29 is 19.1 Å². The molecule has 284 valence electrons. The van der Waals surface area contributed by atoms with E-state index in [1.165, 1.54) is 4.90 Å². The lowest BCUT2D eigenvalue weighted by molar-refractivity contribution is -0.129. The minimum Gasteiger partial charge on any atom is -0.497 e. The molecular formula is C42H47N9O4. The number of benzene rings is 3. The molecule has 1 aliphatic carbocycles. The van der Waals surface area contributed by atoms with E-state index in [-0.39, 0.29) is 36.9 Å². The Labute approximate surface area is 321 Å². The second kappa shape index (κ2) is 15.3. The molecule has 3 aliphatic rings. The van der Waals surface area contributed by atoms with Crippen LogP contribution in [-0.2, 0) is 11.3 Å². The Balaban J connectivity index is 0.900. The first-order chi connectivity index (χ1) is 26.7. The highest BCUT2D eigenvalue weighted by atomic mass is 16.5. The molecule has 0 bridgehead atoms. The summed E-state index contributed by atoms with van der Waals surface area (Å²) in [5.74, 6) is 1.04. The average molecular weight is 742 g/mol. The molecule has 2 aliphatic heterocycles. The summed E-state index contributed by atoms with van der Waals surface area (Å²) in [6.07, 6.45) is 6.47. The zero-order chi connectivity index (χ0) is 38.1. The van der Waals surface area contributed by atoms with Crippen LogP contribution in [-0.4, -0.2) is 96.1 Å². The van der Waals surface area contributed by atoms with Crippen LogP contribution in [0.15, 0.2) is 85.1 Å². The Morgan fingerprint density at radius 2 is 1.55 bits per heavy atom. The van der Waals surface area contributed by atoms with Crippen LogP contribution in [0.5, 0.6) is 5.75 Å². The van der Waals surface area contributed by atoms with Gasteiger partial charge in [-0.05, 0) is 79.1 Å². The normalized spacial score (nSPS) is 16.6. The highest BCUT2D eigenvalue weighted by molar-refractivity contribution is 6.05. The van der Waals surface area contributed by atoms with Crippen LogP contribution < -0.4 is 24.8 Å². The van der Waals surface area contributed by atoms with Gasteiger partial charge in [-0.2, -0.15) is 4.98 Å². The van der Waals surface area contributed by atoms with Crippen LogP contribution in [0.2, 0.25) is 0 Å². The largest absolute Gasteiger partial charge is 0.497 e. The lowest BCUT2D eigenvalue weighted by Gasteiger charge is -2.38. The van der Waals surface area contributed by atoms with Crippen LogP contribution in [0.1, 0.15) is 54.2 Å². The van der Waals surface area contributed by atoms with Crippen molar-refractivity contribution >= 4 is 57.6 Å². The lowest BCUT2D eigenvalue weighted by atomic mass is 10.1. The number of carbonyl (C=O) groups excluding carboxylic acids is 3. The molecular weight excluding hydrogens is 695 g/mol. The summed E-state index contributed by atoms with van der Waals surface area (Å²) in [5, 5.41) is 4.25. The van der Waals surface area contributed by atoms with E-state index in [0.29, 0.717) is 18.2 Å². The van der Waals surface area contributed by atoms with Gasteiger partial charge in [-0.1, -0.05) is 31.0 Å². The van der Waals surface area contributed by atoms with Crippen molar-refractivity contribution in [3.05, 3.63) is 96.3 Å². The molecule has 0 unspecified atom stereocenters. The third kappa shape index (κ3) is 7.38. The highest BCUT2D eigenvalue weighted by Gasteiger charge is 2.33. The van der Waals surface area contributed by atoms with Crippen molar-refractivity contribution in [1.29, 1.82) is 0 Å². The average Bonchev–Trinajstić information content (AvgIpc) is 3.88. The van der Waals surface area contributed by atoms with Gasteiger partial charge in [0.25, 0.3) is 5.91 Å². The van der Waals surface area contributed by atoms with Crippen molar-refractivity contribution in [2.75, 3.05) is 73.9 Å². The first-order valence-corrected chi connectivity index (χ1v) is 19.1. The van der Waals surface area contributed by atoms with Crippen LogP contribution in [0.4, 0.5) is 33.5 Å². The van der Waals surface area contributed by atoms with Crippen LogP contribution in [0.25, 0.3) is 11.0 Å². The van der Waals surface area contributed by atoms with Gasteiger partial charge in [0, 0.05) is 93.6 Å². The van der Waals surface area contributed by atoms with Crippen molar-refractivity contribution in [1.82, 2.24) is 24.3 Å². The smallest absolute Gasteiger partial charge is 0.331 e. The second-order valence-electron chi connectivity index (χ2n) is 14.7. The first kappa shape index (κ1) is 35.9. The molecule has 2 saturated heterocycles. The third-order valence-corrected chi connectivity index (χ3v) is 11.0. The molecule has 0 spiro atoms. The maximum absolute atomic E-state index is 13.6. The number of nitrogens with zero attached hydrogens (tertiary/aromatic N) is 8. The van der Waals surface area contributed by atoms with Gasteiger partial charge in [0.15, 0.2) is 0 Å². The van der Waals surface area contributed by atoms with E-state index in [1.807, 2.05) is 54.6 Å². The minimum atomic E-state index is -0.302. The van der Waals surface area contributed by atoms with Crippen LogP contribution >= 0.6 is 0 Å². The van der Waals surface area contributed by atoms with E-state index in [9.17, 15) is 14.4 Å². The fourth-order valence-electron chi connectivity index (χ4n) is 7.96. The summed E-state index contributed by atoms with van der Waals surface area (Å²) in [6, 6.07) is 25.7. The molecule has 13 nitrogen and oxygen atoms in total. The molecule has 55 heavy (non-hydrogen) atoms. The quantitative estimate of drug-likeness (QED) is 0.167. The number of ether oxygens (including phenoxy) is 1. The van der Waals surface area contributed by atoms with Crippen molar-refractivity contribution in [3.8, 4) is 5.75 Å². The van der Waals surface area contributed by atoms with Gasteiger partial charge < -0.3 is 29.3 Å². The summed E-state index contributed by atoms with van der Waals surface area (Å²) < 4.78 is 7.38. The van der Waals surface area contributed by atoms with Crippen molar-refractivity contribution in [2.45, 2.75) is 44.7 Å². The summed E-state index contributed by atoms with van der Waals surface area (Å²) >= 11 is 0. The van der Waals surface area contributed by atoms with Crippen molar-refractivity contribution in [3.63, 3.8) is 0 Å². The summed E-state index contributed by atoms with van der Waals surface area (Å²) in [7, 11) is 5.17. The molecule has 0 atom stereocenters. The SMILES string of the molecule is COc1ccc(CN2C(=O)CCN(c3cccc(N4CCN(c5ccc(Nc6ncc7cc(C(=O)N(C)C)n(C8CCCC8)c7n6)cc5)CC4)c3)C2=O)cc1. The number of fused-ring (bicyclic) bond motifs is 1. The van der Waals surface area contributed by atoms with Crippen LogP contribution in [0, 0.1) is 0 Å². The highest BCUT2D eigenvalue weighted by Crippen LogP contribution is 2.35. The number of aromatic nitrogens is 3. The van der Waals surface area contributed by atoms with E-state index >= 15 is 0 Å². The molecule has 0 radical (unpaired) electrons. The Kier molecular flexibility index (Phi) is 10.0. The van der Waals surface area contributed by atoms with E-state index in [4.69, 9.17) is 9.72 Å². The van der Waals surface area contributed by atoms with Crippen LogP contribution in [0.3, 0.4) is 0 Å². The second-order valence-corrected chi connectivity index (χ2v) is 14.7. The third-order valence-electron chi connectivity index (χ3n) is 11.0. The first-order valence-electron chi connectivity index (χ1n) is 19.1. The topological polar surface area (TPSA) is 119 Å². The molecule has 4 heterocycles. The molecule has 1 N–H and O–H groups in total. The van der Waals surface area contributed by atoms with Gasteiger partial charge >= 0.3 is 6.03 Å². The zero-order valence-corrected chi connectivity index (χ0v) is 31.6. The Morgan fingerprint density at radius 3 is 2.24 bits per heavy atom. The van der Waals surface area contributed by atoms with Gasteiger partial charge in [0.05, 0.1) is 13.7 Å². The minimum absolute atomic E-state index is 0.0226. The van der Waals surface area contributed by atoms with E-state index in [1.54, 1.807) is 37.2 Å². The number of urea groups is 1. The molecule has 5 aromatic rings. The predicted molar refractivity (Wildman–Crippen MR) is 215 cm³/mol. The number of rotatable bonds is 10. The number of hydrogen-bond acceptors (Lipinski definition) is 9. The van der Waals surface area contributed by atoms with E-state index in [2.05, 4.69) is 48.9 Å². The van der Waals surface area contributed by atoms with Gasteiger partial charge in [0.1, 0.15) is 17.1 Å². The number of amides is 4. The number of hydrogen-bond donors (Lipinski definition) is 1. The Hall–Kier alpha value is -6.11. The number of imide groups is 1. The molecule has 2 aromatic heterocycles. The fraction of sp³-hybridized carbons (Fsp3) is 0.357. The molecule has 4 amide bonds. The zero-order valence-electron chi connectivity index (χ0n) is 31.6. The van der Waals surface area contributed by atoms with Gasteiger partial charge in [0.2, 0.25) is 11.9 Å². The maximum Gasteiger partial charge on any atom is 0.331 e. The number of anilines is 5. The summed E-state index contributed by atoms with van der Waals surface area (Å²) in [6.45, 7) is 3.91.